The number of hydrogen-bond donors (Lipinski definition) is 2. The smallest absolute Gasteiger partial charge is 0.357 e. The number of guanidine groups is 1. The van der Waals surface area contributed by atoms with Gasteiger partial charge in [0.05, 0.1) is 6.54 Å². The lowest BCUT2D eigenvalue weighted by molar-refractivity contribution is -0.143. The lowest BCUT2D eigenvalue weighted by atomic mass is 10.1. The van der Waals surface area contributed by atoms with Gasteiger partial charge >= 0.3 is 6.18 Å². The van der Waals surface area contributed by atoms with Crippen molar-refractivity contribution in [2.75, 3.05) is 32.7 Å². The van der Waals surface area contributed by atoms with Crippen LogP contribution < -0.4 is 10.6 Å². The highest BCUT2D eigenvalue weighted by Crippen LogP contribution is 2.22. The van der Waals surface area contributed by atoms with Crippen molar-refractivity contribution in [3.8, 4) is 0 Å². The Bertz CT molecular complexity index is 574. The Morgan fingerprint density at radius 1 is 1.30 bits per heavy atom. The molecule has 7 heteroatoms. The van der Waals surface area contributed by atoms with Gasteiger partial charge in [-0.25, -0.2) is 0 Å². The first-order valence-corrected chi connectivity index (χ1v) is 9.73. The van der Waals surface area contributed by atoms with Gasteiger partial charge in [-0.15, -0.1) is 0 Å². The first-order chi connectivity index (χ1) is 12.9. The highest BCUT2D eigenvalue weighted by molar-refractivity contribution is 5.80. The number of aliphatic imine (C=N–C) groups is 1. The maximum Gasteiger partial charge on any atom is 0.401 e. The first kappa shape index (κ1) is 21.5. The van der Waals surface area contributed by atoms with Gasteiger partial charge in [-0.3, -0.25) is 9.89 Å². The first-order valence-electron chi connectivity index (χ1n) is 9.73. The molecule has 1 aromatic carbocycles. The molecule has 1 saturated heterocycles. The van der Waals surface area contributed by atoms with Crippen LogP contribution in [0.25, 0.3) is 0 Å². The van der Waals surface area contributed by atoms with Crippen molar-refractivity contribution < 1.29 is 13.2 Å². The van der Waals surface area contributed by atoms with Gasteiger partial charge in [0.25, 0.3) is 0 Å². The zero-order valence-electron chi connectivity index (χ0n) is 16.2. The van der Waals surface area contributed by atoms with E-state index < -0.39 is 12.7 Å². The Balaban J connectivity index is 1.78. The van der Waals surface area contributed by atoms with Gasteiger partial charge in [0.2, 0.25) is 0 Å². The number of halogens is 3. The molecule has 1 aliphatic heterocycles. The summed E-state index contributed by atoms with van der Waals surface area (Å²) in [5.41, 5.74) is 1.31. The molecule has 2 rings (SSSR count). The summed E-state index contributed by atoms with van der Waals surface area (Å²) < 4.78 is 37.5. The third-order valence-corrected chi connectivity index (χ3v) is 4.72. The second-order valence-corrected chi connectivity index (χ2v) is 7.29. The number of nitrogens with one attached hydrogen (secondary N) is 2. The van der Waals surface area contributed by atoms with Crippen LogP contribution in [0, 0.1) is 5.92 Å². The molecule has 1 heterocycles. The predicted molar refractivity (Wildman–Crippen MR) is 104 cm³/mol. The summed E-state index contributed by atoms with van der Waals surface area (Å²) >= 11 is 0. The number of benzene rings is 1. The SMILES string of the molecule is CCNC(=NCC1CCN(CC(F)(F)F)C1)NC(C)CCc1ccccc1. The molecule has 2 N–H and O–H groups in total. The van der Waals surface area contributed by atoms with Gasteiger partial charge in [-0.1, -0.05) is 30.3 Å². The Morgan fingerprint density at radius 2 is 2.04 bits per heavy atom. The van der Waals surface area contributed by atoms with Crippen molar-refractivity contribution in [1.82, 2.24) is 15.5 Å². The molecule has 1 aliphatic rings. The van der Waals surface area contributed by atoms with Crippen molar-refractivity contribution in [1.29, 1.82) is 0 Å². The molecule has 2 atom stereocenters. The number of hydrogen-bond acceptors (Lipinski definition) is 2. The van der Waals surface area contributed by atoms with Crippen molar-refractivity contribution in [3.05, 3.63) is 35.9 Å². The fourth-order valence-corrected chi connectivity index (χ4v) is 3.33. The fourth-order valence-electron chi connectivity index (χ4n) is 3.33. The fraction of sp³-hybridized carbons (Fsp3) is 0.650. The van der Waals surface area contributed by atoms with E-state index in [0.29, 0.717) is 19.6 Å². The van der Waals surface area contributed by atoms with E-state index in [0.717, 1.165) is 31.8 Å². The quantitative estimate of drug-likeness (QED) is 0.533. The molecule has 0 bridgehead atoms. The van der Waals surface area contributed by atoms with E-state index in [9.17, 15) is 13.2 Å². The summed E-state index contributed by atoms with van der Waals surface area (Å²) in [4.78, 5) is 6.08. The number of likely N-dealkylation sites (tertiary alicyclic amines) is 1. The largest absolute Gasteiger partial charge is 0.401 e. The van der Waals surface area contributed by atoms with Crippen LogP contribution in [0.15, 0.2) is 35.3 Å². The minimum Gasteiger partial charge on any atom is -0.357 e. The summed E-state index contributed by atoms with van der Waals surface area (Å²) in [7, 11) is 0. The molecule has 0 amide bonds. The highest BCUT2D eigenvalue weighted by atomic mass is 19.4. The van der Waals surface area contributed by atoms with Gasteiger partial charge in [0.15, 0.2) is 5.96 Å². The van der Waals surface area contributed by atoms with Gasteiger partial charge in [0.1, 0.15) is 0 Å². The highest BCUT2D eigenvalue weighted by Gasteiger charge is 2.34. The standard InChI is InChI=1S/C20H31F3N4/c1-3-24-19(26-16(2)9-10-17-7-5-4-6-8-17)25-13-18-11-12-27(14-18)15-20(21,22)23/h4-8,16,18H,3,9-15H2,1-2H3,(H2,24,25,26). The molecule has 0 spiro atoms. The van der Waals surface area contributed by atoms with Crippen LogP contribution in [-0.4, -0.2) is 55.8 Å². The monoisotopic (exact) mass is 384 g/mol. The molecule has 0 aromatic heterocycles. The molecule has 152 valence electrons. The molecular weight excluding hydrogens is 353 g/mol. The Labute approximate surface area is 160 Å². The molecule has 4 nitrogen and oxygen atoms in total. The van der Waals surface area contributed by atoms with E-state index in [1.807, 2.05) is 25.1 Å². The minimum absolute atomic E-state index is 0.183. The van der Waals surface area contributed by atoms with Gasteiger partial charge < -0.3 is 10.6 Å². The second-order valence-electron chi connectivity index (χ2n) is 7.29. The molecule has 0 aliphatic carbocycles. The minimum atomic E-state index is -4.12. The molecule has 0 saturated carbocycles. The molecule has 27 heavy (non-hydrogen) atoms. The van der Waals surface area contributed by atoms with Crippen LogP contribution in [0.5, 0.6) is 0 Å². The Morgan fingerprint density at radius 3 is 2.70 bits per heavy atom. The van der Waals surface area contributed by atoms with Gasteiger partial charge in [-0.05, 0) is 51.1 Å². The average molecular weight is 384 g/mol. The average Bonchev–Trinajstić information content (AvgIpc) is 3.04. The van der Waals surface area contributed by atoms with Crippen LogP contribution in [0.1, 0.15) is 32.3 Å². The molecule has 1 fully saturated rings. The normalized spacial score (nSPS) is 19.9. The van der Waals surface area contributed by atoms with Crippen molar-refractivity contribution in [2.45, 2.75) is 45.3 Å². The second kappa shape index (κ2) is 10.5. The van der Waals surface area contributed by atoms with E-state index in [2.05, 4.69) is 34.7 Å². The molecular formula is C20H31F3N4. The Kier molecular flexibility index (Phi) is 8.41. The summed E-state index contributed by atoms with van der Waals surface area (Å²) in [6, 6.07) is 10.6. The summed E-state index contributed by atoms with van der Waals surface area (Å²) in [5, 5.41) is 6.64. The number of rotatable bonds is 8. The summed E-state index contributed by atoms with van der Waals surface area (Å²) in [6.07, 6.45) is -1.38. The molecule has 0 radical (unpaired) electrons. The molecule has 2 unspecified atom stereocenters. The van der Waals surface area contributed by atoms with E-state index in [-0.39, 0.29) is 12.0 Å². The molecule has 1 aromatic rings. The van der Waals surface area contributed by atoms with Crippen LogP contribution >= 0.6 is 0 Å². The maximum absolute atomic E-state index is 12.5. The number of aryl methyl sites for hydroxylation is 1. The summed E-state index contributed by atoms with van der Waals surface area (Å²) in [6.45, 7) is 5.57. The predicted octanol–water partition coefficient (Wildman–Crippen LogP) is 3.45. The van der Waals surface area contributed by atoms with E-state index in [4.69, 9.17) is 0 Å². The Hall–Kier alpha value is -1.76. The third-order valence-electron chi connectivity index (χ3n) is 4.72. The lowest BCUT2D eigenvalue weighted by Gasteiger charge is -2.19. The van der Waals surface area contributed by atoms with Crippen molar-refractivity contribution in [3.63, 3.8) is 0 Å². The third kappa shape index (κ3) is 8.65. The van der Waals surface area contributed by atoms with Gasteiger partial charge in [-0.2, -0.15) is 13.2 Å². The lowest BCUT2D eigenvalue weighted by Crippen LogP contribution is -2.42. The zero-order valence-corrected chi connectivity index (χ0v) is 16.2. The van der Waals surface area contributed by atoms with Crippen LogP contribution in [-0.2, 0) is 6.42 Å². The summed E-state index contributed by atoms with van der Waals surface area (Å²) in [5.74, 6) is 0.926. The maximum atomic E-state index is 12.5. The van der Waals surface area contributed by atoms with Crippen LogP contribution in [0.2, 0.25) is 0 Å². The van der Waals surface area contributed by atoms with Gasteiger partial charge in [0, 0.05) is 25.7 Å². The van der Waals surface area contributed by atoms with Crippen molar-refractivity contribution in [2.24, 2.45) is 10.9 Å². The number of alkyl halides is 3. The van der Waals surface area contributed by atoms with E-state index in [1.165, 1.54) is 10.5 Å². The van der Waals surface area contributed by atoms with E-state index in [1.54, 1.807) is 0 Å². The van der Waals surface area contributed by atoms with Crippen LogP contribution in [0.3, 0.4) is 0 Å². The van der Waals surface area contributed by atoms with Crippen molar-refractivity contribution >= 4 is 5.96 Å². The topological polar surface area (TPSA) is 39.7 Å². The number of nitrogens with zero attached hydrogens (tertiary/aromatic N) is 2. The van der Waals surface area contributed by atoms with Crippen LogP contribution in [0.4, 0.5) is 13.2 Å². The zero-order chi connectivity index (χ0) is 19.7. The van der Waals surface area contributed by atoms with E-state index >= 15 is 0 Å².